The number of rotatable bonds is 8. The van der Waals surface area contributed by atoms with Gasteiger partial charge in [-0.25, -0.2) is 0 Å². The molecule has 0 aromatic heterocycles. The first-order valence-electron chi connectivity index (χ1n) is 6.68. The molecule has 21 heavy (non-hydrogen) atoms. The van der Waals surface area contributed by atoms with E-state index in [0.29, 0.717) is 19.4 Å². The van der Waals surface area contributed by atoms with Gasteiger partial charge in [-0.15, -0.1) is 0 Å². The van der Waals surface area contributed by atoms with Gasteiger partial charge in [-0.3, -0.25) is 15.0 Å². The second-order valence-corrected chi connectivity index (χ2v) is 4.68. The van der Waals surface area contributed by atoms with Crippen molar-refractivity contribution in [2.45, 2.75) is 45.2 Å². The predicted molar refractivity (Wildman–Crippen MR) is 79.8 cm³/mol. The zero-order valence-corrected chi connectivity index (χ0v) is 12.5. The lowest BCUT2D eigenvalue weighted by molar-refractivity contribution is -0.140. The minimum Gasteiger partial charge on any atom is -0.480 e. The molecular weight excluding hydrogens is 278 g/mol. The van der Waals surface area contributed by atoms with Crippen LogP contribution in [0.15, 0.2) is 0 Å². The third-order valence-corrected chi connectivity index (χ3v) is 2.87. The van der Waals surface area contributed by atoms with E-state index >= 15 is 0 Å². The number of nitrogens with two attached hydrogens (primary N) is 3. The molecule has 0 saturated carbocycles. The Balaban J connectivity index is 0. The molecule has 0 heterocycles. The zero-order chi connectivity index (χ0) is 17.0. The summed E-state index contributed by atoms with van der Waals surface area (Å²) in [4.78, 5) is 20.4. The molecule has 0 rings (SSSR count). The molecule has 9 nitrogen and oxygen atoms in total. The molecular formula is C12H27N5O4. The van der Waals surface area contributed by atoms with E-state index in [9.17, 15) is 9.59 Å². The Kier molecular flexibility index (Phi) is 12.2. The van der Waals surface area contributed by atoms with E-state index in [0.717, 1.165) is 6.42 Å². The zero-order valence-electron chi connectivity index (χ0n) is 12.5. The molecule has 10 N–H and O–H groups in total. The molecule has 3 unspecified atom stereocenters. The van der Waals surface area contributed by atoms with Gasteiger partial charge in [-0.1, -0.05) is 20.3 Å². The molecule has 0 aromatic rings. The van der Waals surface area contributed by atoms with Gasteiger partial charge in [0.1, 0.15) is 12.1 Å². The molecule has 9 heteroatoms. The second-order valence-electron chi connectivity index (χ2n) is 4.68. The second kappa shape index (κ2) is 11.9. The molecule has 0 bridgehead atoms. The van der Waals surface area contributed by atoms with Crippen LogP contribution in [0.25, 0.3) is 0 Å². The molecule has 0 aliphatic carbocycles. The van der Waals surface area contributed by atoms with Crippen molar-refractivity contribution in [1.29, 1.82) is 5.41 Å². The van der Waals surface area contributed by atoms with Gasteiger partial charge in [0.05, 0.1) is 0 Å². The maximum atomic E-state index is 10.2. The number of nitrogens with one attached hydrogen (secondary N) is 2. The van der Waals surface area contributed by atoms with Crippen LogP contribution in [-0.2, 0) is 9.59 Å². The van der Waals surface area contributed by atoms with E-state index in [1.54, 1.807) is 0 Å². The number of carboxylic acids is 2. The molecule has 0 spiro atoms. The Morgan fingerprint density at radius 3 is 2.05 bits per heavy atom. The number of hydrogen-bond acceptors (Lipinski definition) is 5. The van der Waals surface area contributed by atoms with Crippen molar-refractivity contribution in [3.63, 3.8) is 0 Å². The Morgan fingerprint density at radius 1 is 1.24 bits per heavy atom. The Hall–Kier alpha value is -1.87. The number of aliphatic carboxylic acids is 2. The monoisotopic (exact) mass is 305 g/mol. The third kappa shape index (κ3) is 12.9. The van der Waals surface area contributed by atoms with E-state index in [-0.39, 0.29) is 11.9 Å². The molecule has 0 aromatic carbocycles. The van der Waals surface area contributed by atoms with Crippen molar-refractivity contribution >= 4 is 17.9 Å². The quantitative estimate of drug-likeness (QED) is 0.170. The first-order valence-corrected chi connectivity index (χ1v) is 6.68. The highest BCUT2D eigenvalue weighted by Crippen LogP contribution is 2.04. The summed E-state index contributed by atoms with van der Waals surface area (Å²) in [6, 6.07) is -1.52. The molecule has 0 saturated heterocycles. The predicted octanol–water partition coefficient (Wildman–Crippen LogP) is -0.894. The van der Waals surface area contributed by atoms with Crippen molar-refractivity contribution in [3.05, 3.63) is 0 Å². The molecule has 0 aliphatic heterocycles. The topological polar surface area (TPSA) is 189 Å². The number of hydrogen-bond donors (Lipinski definition) is 7. The van der Waals surface area contributed by atoms with E-state index in [4.69, 9.17) is 32.8 Å². The summed E-state index contributed by atoms with van der Waals surface area (Å²) in [5.74, 6) is -1.96. The van der Waals surface area contributed by atoms with Gasteiger partial charge in [0.15, 0.2) is 5.96 Å². The van der Waals surface area contributed by atoms with Crippen molar-refractivity contribution < 1.29 is 19.8 Å². The minimum atomic E-state index is -1.00. The Bertz CT molecular complexity index is 338. The first kappa shape index (κ1) is 21.4. The average Bonchev–Trinajstić information content (AvgIpc) is 2.41. The highest BCUT2D eigenvalue weighted by atomic mass is 16.4. The van der Waals surface area contributed by atoms with Crippen LogP contribution >= 0.6 is 0 Å². The van der Waals surface area contributed by atoms with Crippen molar-refractivity contribution in [1.82, 2.24) is 5.32 Å². The molecule has 124 valence electrons. The van der Waals surface area contributed by atoms with Gasteiger partial charge >= 0.3 is 11.9 Å². The number of carbonyl (C=O) groups is 2. The van der Waals surface area contributed by atoms with Gasteiger partial charge in [0, 0.05) is 6.54 Å². The summed E-state index contributed by atoms with van der Waals surface area (Å²) in [6.45, 7) is 4.24. The summed E-state index contributed by atoms with van der Waals surface area (Å²) < 4.78 is 0. The van der Waals surface area contributed by atoms with Crippen molar-refractivity contribution in [2.75, 3.05) is 6.54 Å². The molecule has 3 atom stereocenters. The van der Waals surface area contributed by atoms with Crippen LogP contribution in [0.4, 0.5) is 0 Å². The largest absolute Gasteiger partial charge is 0.480 e. The Labute approximate surface area is 124 Å². The standard InChI is InChI=1S/C6H14N4O2.C6H13NO2/c7-4(5(11)12)2-1-3-10-6(8)9;1-3-4(2)5(7)6(8)9/h4H,1-3,7H2,(H,11,12)(H4,8,9,10);4-5H,3,7H2,1-2H3,(H,8,9). The van der Waals surface area contributed by atoms with Crippen LogP contribution < -0.4 is 22.5 Å². The van der Waals surface area contributed by atoms with Crippen LogP contribution in [0, 0.1) is 11.3 Å². The summed E-state index contributed by atoms with van der Waals surface area (Å²) in [7, 11) is 0. The van der Waals surface area contributed by atoms with Gasteiger partial charge in [0.2, 0.25) is 0 Å². The molecule has 0 radical (unpaired) electrons. The van der Waals surface area contributed by atoms with Crippen LogP contribution in [0.1, 0.15) is 33.1 Å². The maximum Gasteiger partial charge on any atom is 0.320 e. The van der Waals surface area contributed by atoms with E-state index < -0.39 is 24.0 Å². The lowest BCUT2D eigenvalue weighted by atomic mass is 10.0. The first-order chi connectivity index (χ1) is 9.63. The van der Waals surface area contributed by atoms with E-state index in [1.807, 2.05) is 13.8 Å². The summed E-state index contributed by atoms with van der Waals surface area (Å²) in [5, 5.41) is 26.1. The van der Waals surface area contributed by atoms with Crippen LogP contribution in [0.2, 0.25) is 0 Å². The number of carboxylic acid groups (broad SMARTS) is 2. The van der Waals surface area contributed by atoms with E-state index in [1.165, 1.54) is 0 Å². The van der Waals surface area contributed by atoms with Crippen LogP contribution in [-0.4, -0.2) is 46.7 Å². The minimum absolute atomic E-state index is 0.0718. The Morgan fingerprint density at radius 2 is 1.76 bits per heavy atom. The van der Waals surface area contributed by atoms with Gasteiger partial charge in [-0.2, -0.15) is 0 Å². The fraction of sp³-hybridized carbons (Fsp3) is 0.750. The van der Waals surface area contributed by atoms with Crippen molar-refractivity contribution in [3.8, 4) is 0 Å². The average molecular weight is 305 g/mol. The lowest BCUT2D eigenvalue weighted by Crippen LogP contribution is -2.36. The molecule has 0 amide bonds. The summed E-state index contributed by atoms with van der Waals surface area (Å²) >= 11 is 0. The maximum absolute atomic E-state index is 10.2. The molecule has 0 fully saturated rings. The third-order valence-electron chi connectivity index (χ3n) is 2.87. The molecule has 0 aliphatic rings. The summed E-state index contributed by atoms with van der Waals surface area (Å²) in [5.41, 5.74) is 15.5. The van der Waals surface area contributed by atoms with Crippen LogP contribution in [0.3, 0.4) is 0 Å². The highest BCUT2D eigenvalue weighted by Gasteiger charge is 2.17. The van der Waals surface area contributed by atoms with E-state index in [2.05, 4.69) is 5.32 Å². The fourth-order valence-electron chi connectivity index (χ4n) is 1.17. The van der Waals surface area contributed by atoms with Gasteiger partial charge in [0.25, 0.3) is 0 Å². The van der Waals surface area contributed by atoms with Crippen LogP contribution in [0.5, 0.6) is 0 Å². The van der Waals surface area contributed by atoms with Gasteiger partial charge < -0.3 is 32.7 Å². The van der Waals surface area contributed by atoms with Crippen molar-refractivity contribution in [2.24, 2.45) is 23.1 Å². The summed E-state index contributed by atoms with van der Waals surface area (Å²) in [6.07, 6.45) is 1.79. The lowest BCUT2D eigenvalue weighted by Gasteiger charge is -2.11. The smallest absolute Gasteiger partial charge is 0.320 e. The SMILES string of the molecule is CCC(C)C(N)C(=O)O.N=C(N)NCCCC(N)C(=O)O. The highest BCUT2D eigenvalue weighted by molar-refractivity contribution is 5.74. The van der Waals surface area contributed by atoms with Gasteiger partial charge in [-0.05, 0) is 18.8 Å². The number of guanidine groups is 1. The fourth-order valence-corrected chi connectivity index (χ4v) is 1.17. The normalized spacial score (nSPS) is 14.1.